The molecular formula is C22H27N3O4. The molecule has 0 aliphatic rings. The number of amides is 3. The molecule has 0 aliphatic carbocycles. The van der Waals surface area contributed by atoms with E-state index in [0.29, 0.717) is 11.3 Å². The predicted molar refractivity (Wildman–Crippen MR) is 113 cm³/mol. The third kappa shape index (κ3) is 6.07. The highest BCUT2D eigenvalue weighted by molar-refractivity contribution is 6.00. The maximum Gasteiger partial charge on any atom is 0.411 e. The van der Waals surface area contributed by atoms with Crippen molar-refractivity contribution in [3.05, 3.63) is 58.7 Å². The Morgan fingerprint density at radius 2 is 1.55 bits per heavy atom. The SMILES string of the molecule is CCOC(=O)Nc1ccc(C(=O)N(C)CC(=O)Nc2c(C)cc(C)cc2C)cc1. The van der Waals surface area contributed by atoms with E-state index in [4.69, 9.17) is 4.74 Å². The van der Waals surface area contributed by atoms with Crippen molar-refractivity contribution in [2.24, 2.45) is 0 Å². The van der Waals surface area contributed by atoms with Crippen molar-refractivity contribution < 1.29 is 19.1 Å². The minimum atomic E-state index is -0.554. The molecule has 3 amide bonds. The molecule has 2 aromatic carbocycles. The normalized spacial score (nSPS) is 10.2. The molecule has 2 N–H and O–H groups in total. The smallest absolute Gasteiger partial charge is 0.411 e. The number of carbonyl (C=O) groups is 3. The van der Waals surface area contributed by atoms with Crippen molar-refractivity contribution in [3.8, 4) is 0 Å². The van der Waals surface area contributed by atoms with Crippen LogP contribution < -0.4 is 10.6 Å². The first-order valence-electron chi connectivity index (χ1n) is 9.38. The summed E-state index contributed by atoms with van der Waals surface area (Å²) in [5.41, 5.74) is 4.80. The summed E-state index contributed by atoms with van der Waals surface area (Å²) in [5, 5.41) is 5.45. The lowest BCUT2D eigenvalue weighted by Gasteiger charge is -2.18. The molecule has 154 valence electrons. The molecule has 0 radical (unpaired) electrons. The third-order valence-electron chi connectivity index (χ3n) is 4.32. The van der Waals surface area contributed by atoms with E-state index in [1.807, 2.05) is 32.9 Å². The van der Waals surface area contributed by atoms with Gasteiger partial charge in [0.2, 0.25) is 5.91 Å². The summed E-state index contributed by atoms with van der Waals surface area (Å²) in [6, 6.07) is 10.4. The van der Waals surface area contributed by atoms with Crippen LogP contribution in [0.15, 0.2) is 36.4 Å². The molecule has 0 unspecified atom stereocenters. The maximum absolute atomic E-state index is 12.6. The van der Waals surface area contributed by atoms with Gasteiger partial charge in [-0.3, -0.25) is 14.9 Å². The van der Waals surface area contributed by atoms with Gasteiger partial charge in [-0.1, -0.05) is 17.7 Å². The molecule has 0 heterocycles. The molecule has 7 nitrogen and oxygen atoms in total. The molecular weight excluding hydrogens is 370 g/mol. The second-order valence-corrected chi connectivity index (χ2v) is 6.91. The number of benzene rings is 2. The fourth-order valence-corrected chi connectivity index (χ4v) is 3.04. The zero-order valence-electron chi connectivity index (χ0n) is 17.5. The van der Waals surface area contributed by atoms with Gasteiger partial charge in [-0.15, -0.1) is 0 Å². The van der Waals surface area contributed by atoms with E-state index in [1.54, 1.807) is 38.2 Å². The molecule has 0 bridgehead atoms. The molecule has 0 aliphatic heterocycles. The highest BCUT2D eigenvalue weighted by atomic mass is 16.5. The van der Waals surface area contributed by atoms with Crippen molar-refractivity contribution in [3.63, 3.8) is 0 Å². The Morgan fingerprint density at radius 3 is 2.10 bits per heavy atom. The van der Waals surface area contributed by atoms with Crippen LogP contribution in [0.3, 0.4) is 0 Å². The minimum absolute atomic E-state index is 0.0750. The highest BCUT2D eigenvalue weighted by Gasteiger charge is 2.16. The second kappa shape index (κ2) is 9.73. The summed E-state index contributed by atoms with van der Waals surface area (Å²) in [7, 11) is 1.57. The van der Waals surface area contributed by atoms with E-state index in [0.717, 1.165) is 22.4 Å². The Labute approximate surface area is 171 Å². The molecule has 7 heteroatoms. The van der Waals surface area contributed by atoms with E-state index in [2.05, 4.69) is 10.6 Å². The molecule has 0 fully saturated rings. The molecule has 0 aromatic heterocycles. The number of aryl methyl sites for hydroxylation is 3. The Bertz CT molecular complexity index is 884. The fraction of sp³-hybridized carbons (Fsp3) is 0.318. The van der Waals surface area contributed by atoms with Gasteiger partial charge in [0.15, 0.2) is 0 Å². The van der Waals surface area contributed by atoms with Crippen LogP contribution in [0.25, 0.3) is 0 Å². The lowest BCUT2D eigenvalue weighted by atomic mass is 10.1. The first kappa shape index (κ1) is 21.9. The Balaban J connectivity index is 1.98. The Kier molecular flexibility index (Phi) is 7.36. The molecule has 2 rings (SSSR count). The van der Waals surface area contributed by atoms with Crippen LogP contribution in [0.2, 0.25) is 0 Å². The number of anilines is 2. The van der Waals surface area contributed by atoms with E-state index in [9.17, 15) is 14.4 Å². The fourth-order valence-electron chi connectivity index (χ4n) is 3.04. The van der Waals surface area contributed by atoms with Crippen molar-refractivity contribution in [1.29, 1.82) is 0 Å². The number of nitrogens with zero attached hydrogens (tertiary/aromatic N) is 1. The number of hydrogen-bond donors (Lipinski definition) is 2. The van der Waals surface area contributed by atoms with Crippen molar-refractivity contribution in [2.75, 3.05) is 30.8 Å². The summed E-state index contributed by atoms with van der Waals surface area (Å²) in [6.45, 7) is 7.80. The van der Waals surface area contributed by atoms with E-state index >= 15 is 0 Å². The zero-order valence-corrected chi connectivity index (χ0v) is 17.5. The van der Waals surface area contributed by atoms with Gasteiger partial charge in [0.1, 0.15) is 0 Å². The predicted octanol–water partition coefficient (Wildman–Crippen LogP) is 3.89. The number of hydrogen-bond acceptors (Lipinski definition) is 4. The molecule has 0 spiro atoms. The van der Waals surface area contributed by atoms with Crippen molar-refractivity contribution >= 4 is 29.3 Å². The summed E-state index contributed by atoms with van der Waals surface area (Å²) >= 11 is 0. The third-order valence-corrected chi connectivity index (χ3v) is 4.32. The standard InChI is InChI=1S/C22H27N3O4/c1-6-29-22(28)23-18-9-7-17(8-10-18)21(27)25(5)13-19(26)24-20-15(3)11-14(2)12-16(20)4/h7-12H,6,13H2,1-5H3,(H,23,28)(H,24,26). The van der Waals surface area contributed by atoms with Crippen LogP contribution in [-0.4, -0.2) is 43.0 Å². The van der Waals surface area contributed by atoms with Gasteiger partial charge in [0.25, 0.3) is 5.91 Å². The minimum Gasteiger partial charge on any atom is -0.450 e. The molecule has 2 aromatic rings. The molecule has 0 saturated heterocycles. The second-order valence-electron chi connectivity index (χ2n) is 6.91. The van der Waals surface area contributed by atoms with Crippen LogP contribution in [0.5, 0.6) is 0 Å². The lowest BCUT2D eigenvalue weighted by molar-refractivity contribution is -0.116. The van der Waals surface area contributed by atoms with Crippen LogP contribution in [-0.2, 0) is 9.53 Å². The summed E-state index contributed by atoms with van der Waals surface area (Å²) < 4.78 is 4.81. The highest BCUT2D eigenvalue weighted by Crippen LogP contribution is 2.22. The summed E-state index contributed by atoms with van der Waals surface area (Å²) in [6.07, 6.45) is -0.554. The van der Waals surface area contributed by atoms with Crippen LogP contribution >= 0.6 is 0 Å². The average Bonchev–Trinajstić information content (AvgIpc) is 2.64. The number of ether oxygens (including phenoxy) is 1. The van der Waals surface area contributed by atoms with Gasteiger partial charge >= 0.3 is 6.09 Å². The topological polar surface area (TPSA) is 87.7 Å². The zero-order chi connectivity index (χ0) is 21.6. The first-order valence-corrected chi connectivity index (χ1v) is 9.38. The van der Waals surface area contributed by atoms with Gasteiger partial charge in [-0.2, -0.15) is 0 Å². The molecule has 29 heavy (non-hydrogen) atoms. The van der Waals surface area contributed by atoms with Crippen LogP contribution in [0.1, 0.15) is 34.0 Å². The summed E-state index contributed by atoms with van der Waals surface area (Å²) in [4.78, 5) is 37.8. The maximum atomic E-state index is 12.6. The van der Waals surface area contributed by atoms with E-state index in [1.165, 1.54) is 4.90 Å². The van der Waals surface area contributed by atoms with E-state index < -0.39 is 6.09 Å². The van der Waals surface area contributed by atoms with Gasteiger partial charge in [0, 0.05) is 24.0 Å². The Hall–Kier alpha value is -3.35. The number of rotatable bonds is 6. The van der Waals surface area contributed by atoms with Crippen LogP contribution in [0.4, 0.5) is 16.2 Å². The molecule has 0 atom stereocenters. The Morgan fingerprint density at radius 1 is 0.966 bits per heavy atom. The van der Waals surface area contributed by atoms with Gasteiger partial charge in [0.05, 0.1) is 13.2 Å². The number of carbonyl (C=O) groups excluding carboxylic acids is 3. The largest absolute Gasteiger partial charge is 0.450 e. The van der Waals surface area contributed by atoms with Gasteiger partial charge < -0.3 is 15.0 Å². The van der Waals surface area contributed by atoms with E-state index in [-0.39, 0.29) is 25.0 Å². The quantitative estimate of drug-likeness (QED) is 0.774. The first-order chi connectivity index (χ1) is 13.7. The van der Waals surface area contributed by atoms with Crippen molar-refractivity contribution in [2.45, 2.75) is 27.7 Å². The average molecular weight is 397 g/mol. The lowest BCUT2D eigenvalue weighted by Crippen LogP contribution is -2.35. The van der Waals surface area contributed by atoms with Gasteiger partial charge in [-0.05, 0) is 63.1 Å². The van der Waals surface area contributed by atoms with Gasteiger partial charge in [-0.25, -0.2) is 4.79 Å². The number of nitrogens with one attached hydrogen (secondary N) is 2. The van der Waals surface area contributed by atoms with Crippen molar-refractivity contribution in [1.82, 2.24) is 4.90 Å². The van der Waals surface area contributed by atoms with Crippen LogP contribution in [0, 0.1) is 20.8 Å². The number of likely N-dealkylation sites (N-methyl/N-ethyl adjacent to an activating group) is 1. The monoisotopic (exact) mass is 397 g/mol. The summed E-state index contributed by atoms with van der Waals surface area (Å²) in [5.74, 6) is -0.559. The molecule has 0 saturated carbocycles.